The van der Waals surface area contributed by atoms with Gasteiger partial charge in [0.1, 0.15) is 11.3 Å². The molecule has 2 aromatic rings. The van der Waals surface area contributed by atoms with Crippen LogP contribution in [-0.4, -0.2) is 58.9 Å². The Bertz CT molecular complexity index is 850. The number of benzene rings is 1. The van der Waals surface area contributed by atoms with Gasteiger partial charge in [0.25, 0.3) is 17.4 Å². The highest BCUT2D eigenvalue weighted by Gasteiger charge is 2.27. The summed E-state index contributed by atoms with van der Waals surface area (Å²) in [6.45, 7) is 3.59. The number of aromatic amines is 1. The Morgan fingerprint density at radius 3 is 2.44 bits per heavy atom. The molecule has 27 heavy (non-hydrogen) atoms. The molecule has 2 heterocycles. The lowest BCUT2D eigenvalue weighted by Crippen LogP contribution is -2.43. The van der Waals surface area contributed by atoms with Crippen LogP contribution in [0.15, 0.2) is 53.5 Å². The molecule has 0 bridgehead atoms. The second-order valence-corrected chi connectivity index (χ2v) is 6.46. The van der Waals surface area contributed by atoms with Crippen molar-refractivity contribution in [2.75, 3.05) is 26.2 Å². The highest BCUT2D eigenvalue weighted by molar-refractivity contribution is 5.93. The maximum absolute atomic E-state index is 12.7. The number of carbonyl (C=O) groups excluding carboxylic acids is 2. The maximum Gasteiger partial charge on any atom is 0.263 e. The second-order valence-electron chi connectivity index (χ2n) is 6.46. The SMILES string of the molecule is C[C@H](Oc1ccccc1)C(=O)N1CCCN(C(=O)c2ccc[nH]c2=O)CC1. The number of nitrogens with one attached hydrogen (secondary N) is 1. The van der Waals surface area contributed by atoms with E-state index in [-0.39, 0.29) is 17.4 Å². The van der Waals surface area contributed by atoms with Gasteiger partial charge in [0.15, 0.2) is 6.10 Å². The van der Waals surface area contributed by atoms with E-state index in [9.17, 15) is 14.4 Å². The molecule has 1 atom stereocenters. The van der Waals surface area contributed by atoms with Crippen LogP contribution in [0.25, 0.3) is 0 Å². The average Bonchev–Trinajstić information content (AvgIpc) is 2.94. The monoisotopic (exact) mass is 369 g/mol. The average molecular weight is 369 g/mol. The lowest BCUT2D eigenvalue weighted by molar-refractivity contribution is -0.137. The lowest BCUT2D eigenvalue weighted by atomic mass is 10.2. The van der Waals surface area contributed by atoms with Gasteiger partial charge in [-0.2, -0.15) is 0 Å². The van der Waals surface area contributed by atoms with Crippen LogP contribution < -0.4 is 10.3 Å². The molecule has 0 spiro atoms. The number of para-hydroxylation sites is 1. The molecule has 1 aromatic heterocycles. The molecule has 0 unspecified atom stereocenters. The highest BCUT2D eigenvalue weighted by Crippen LogP contribution is 2.14. The van der Waals surface area contributed by atoms with E-state index < -0.39 is 11.7 Å². The Balaban J connectivity index is 1.61. The molecule has 7 heteroatoms. The van der Waals surface area contributed by atoms with Gasteiger partial charge in [-0.1, -0.05) is 18.2 Å². The summed E-state index contributed by atoms with van der Waals surface area (Å²) >= 11 is 0. The van der Waals surface area contributed by atoms with Crippen molar-refractivity contribution in [1.29, 1.82) is 0 Å². The van der Waals surface area contributed by atoms with Gasteiger partial charge in [-0.15, -0.1) is 0 Å². The number of rotatable bonds is 4. The number of pyridine rings is 1. The third-order valence-electron chi connectivity index (χ3n) is 4.55. The summed E-state index contributed by atoms with van der Waals surface area (Å²) in [4.78, 5) is 43.0. The van der Waals surface area contributed by atoms with Gasteiger partial charge in [-0.25, -0.2) is 0 Å². The first-order valence-corrected chi connectivity index (χ1v) is 9.04. The molecular weight excluding hydrogens is 346 g/mol. The standard InChI is InChI=1S/C20H23N3O4/c1-15(27-16-7-3-2-4-8-16)19(25)22-11-6-12-23(14-13-22)20(26)17-9-5-10-21-18(17)24/h2-5,7-10,15H,6,11-14H2,1H3,(H,21,24)/t15-/m0/s1. The first-order valence-electron chi connectivity index (χ1n) is 9.04. The van der Waals surface area contributed by atoms with Gasteiger partial charge >= 0.3 is 0 Å². The van der Waals surface area contributed by atoms with Crippen molar-refractivity contribution >= 4 is 11.8 Å². The number of hydrogen-bond acceptors (Lipinski definition) is 4. The second kappa shape index (κ2) is 8.53. The number of amides is 2. The molecule has 1 fully saturated rings. The van der Waals surface area contributed by atoms with Gasteiger partial charge in [0.05, 0.1) is 0 Å². The Morgan fingerprint density at radius 2 is 1.70 bits per heavy atom. The van der Waals surface area contributed by atoms with Gasteiger partial charge < -0.3 is 19.5 Å². The van der Waals surface area contributed by atoms with Crippen LogP contribution in [0.5, 0.6) is 5.75 Å². The molecule has 0 radical (unpaired) electrons. The van der Waals surface area contributed by atoms with E-state index >= 15 is 0 Å². The predicted molar refractivity (Wildman–Crippen MR) is 101 cm³/mol. The van der Waals surface area contributed by atoms with Gasteiger partial charge in [0, 0.05) is 32.4 Å². The Hall–Kier alpha value is -3.09. The van der Waals surface area contributed by atoms with Crippen LogP contribution in [0, 0.1) is 0 Å². The van der Waals surface area contributed by atoms with E-state index in [0.29, 0.717) is 38.3 Å². The van der Waals surface area contributed by atoms with Gasteiger partial charge in [0.2, 0.25) is 0 Å². The number of H-pyrrole nitrogens is 1. The quantitative estimate of drug-likeness (QED) is 0.886. The number of nitrogens with zero attached hydrogens (tertiary/aromatic N) is 2. The molecule has 1 aromatic carbocycles. The van der Waals surface area contributed by atoms with Crippen molar-refractivity contribution < 1.29 is 14.3 Å². The largest absolute Gasteiger partial charge is 0.481 e. The first-order chi connectivity index (χ1) is 13.1. The Morgan fingerprint density at radius 1 is 1.00 bits per heavy atom. The molecule has 0 aliphatic carbocycles. The zero-order valence-corrected chi connectivity index (χ0v) is 15.3. The molecule has 2 amide bonds. The number of carbonyl (C=O) groups is 2. The zero-order chi connectivity index (χ0) is 19.2. The topological polar surface area (TPSA) is 82.7 Å². The van der Waals surface area contributed by atoms with Crippen molar-refractivity contribution in [3.63, 3.8) is 0 Å². The summed E-state index contributed by atoms with van der Waals surface area (Å²) in [7, 11) is 0. The van der Waals surface area contributed by atoms with E-state index in [1.807, 2.05) is 30.3 Å². The minimum atomic E-state index is -0.605. The summed E-state index contributed by atoms with van der Waals surface area (Å²) in [5, 5.41) is 0. The summed E-state index contributed by atoms with van der Waals surface area (Å²) in [5.74, 6) is 0.235. The number of ether oxygens (including phenoxy) is 1. The third kappa shape index (κ3) is 4.55. The van der Waals surface area contributed by atoms with Crippen molar-refractivity contribution in [3.05, 3.63) is 64.6 Å². The molecule has 1 saturated heterocycles. The predicted octanol–water partition coefficient (Wildman–Crippen LogP) is 1.52. The van der Waals surface area contributed by atoms with Crippen molar-refractivity contribution in [1.82, 2.24) is 14.8 Å². The summed E-state index contributed by atoms with van der Waals surface area (Å²) in [6.07, 6.45) is 1.54. The van der Waals surface area contributed by atoms with Crippen LogP contribution in [0.2, 0.25) is 0 Å². The summed E-state index contributed by atoms with van der Waals surface area (Å²) in [6, 6.07) is 12.4. The highest BCUT2D eigenvalue weighted by atomic mass is 16.5. The minimum Gasteiger partial charge on any atom is -0.481 e. The van der Waals surface area contributed by atoms with Gasteiger partial charge in [-0.3, -0.25) is 14.4 Å². The Kier molecular flexibility index (Phi) is 5.90. The lowest BCUT2D eigenvalue weighted by Gasteiger charge is -2.25. The molecule has 142 valence electrons. The Labute approximate surface area is 157 Å². The fraction of sp³-hybridized carbons (Fsp3) is 0.350. The van der Waals surface area contributed by atoms with Crippen molar-refractivity contribution in [2.45, 2.75) is 19.4 Å². The molecule has 1 aliphatic rings. The van der Waals surface area contributed by atoms with Gasteiger partial charge in [-0.05, 0) is 37.6 Å². The fourth-order valence-corrected chi connectivity index (χ4v) is 3.11. The first kappa shape index (κ1) is 18.7. The van der Waals surface area contributed by atoms with Crippen LogP contribution >= 0.6 is 0 Å². The van der Waals surface area contributed by atoms with E-state index in [2.05, 4.69) is 4.98 Å². The fourth-order valence-electron chi connectivity index (χ4n) is 3.11. The minimum absolute atomic E-state index is 0.106. The summed E-state index contributed by atoms with van der Waals surface area (Å²) in [5.41, 5.74) is -0.275. The number of hydrogen-bond donors (Lipinski definition) is 1. The van der Waals surface area contributed by atoms with Crippen LogP contribution in [0.1, 0.15) is 23.7 Å². The molecule has 1 aliphatic heterocycles. The van der Waals surface area contributed by atoms with E-state index in [1.165, 1.54) is 12.3 Å². The van der Waals surface area contributed by atoms with E-state index in [1.54, 1.807) is 22.8 Å². The zero-order valence-electron chi connectivity index (χ0n) is 15.3. The summed E-state index contributed by atoms with van der Waals surface area (Å²) < 4.78 is 5.71. The molecular formula is C20H23N3O4. The number of aromatic nitrogens is 1. The molecule has 3 rings (SSSR count). The van der Waals surface area contributed by atoms with Crippen LogP contribution in [-0.2, 0) is 4.79 Å². The van der Waals surface area contributed by atoms with Crippen molar-refractivity contribution in [3.8, 4) is 5.75 Å². The van der Waals surface area contributed by atoms with Crippen LogP contribution in [0.4, 0.5) is 0 Å². The van der Waals surface area contributed by atoms with E-state index in [0.717, 1.165) is 0 Å². The molecule has 7 nitrogen and oxygen atoms in total. The van der Waals surface area contributed by atoms with Crippen molar-refractivity contribution in [2.24, 2.45) is 0 Å². The molecule has 0 saturated carbocycles. The van der Waals surface area contributed by atoms with Crippen LogP contribution in [0.3, 0.4) is 0 Å². The third-order valence-corrected chi connectivity index (χ3v) is 4.55. The maximum atomic E-state index is 12.7. The smallest absolute Gasteiger partial charge is 0.263 e. The molecule has 1 N–H and O–H groups in total. The normalized spacial score (nSPS) is 15.7. The van der Waals surface area contributed by atoms with E-state index in [4.69, 9.17) is 4.74 Å².